The first-order valence-electron chi connectivity index (χ1n) is 7.96. The number of nitrogens with zero attached hydrogens (tertiary/aromatic N) is 5. The Balaban J connectivity index is 1.91. The molecule has 0 N–H and O–H groups in total. The minimum absolute atomic E-state index is 0.608. The molecule has 0 aliphatic carbocycles. The fourth-order valence-corrected chi connectivity index (χ4v) is 4.13. The van der Waals surface area contributed by atoms with Crippen LogP contribution in [0.3, 0.4) is 0 Å². The van der Waals surface area contributed by atoms with E-state index in [0.29, 0.717) is 10.8 Å². The van der Waals surface area contributed by atoms with E-state index in [0.717, 1.165) is 39.0 Å². The lowest BCUT2D eigenvalue weighted by atomic mass is 10.3. The van der Waals surface area contributed by atoms with Crippen molar-refractivity contribution in [1.29, 1.82) is 0 Å². The monoisotopic (exact) mass is 403 g/mol. The largest absolute Gasteiger partial charge is 0.273 e. The highest BCUT2D eigenvalue weighted by atomic mass is 35.5. The van der Waals surface area contributed by atoms with E-state index in [1.54, 1.807) is 23.5 Å². The van der Waals surface area contributed by atoms with Crippen LogP contribution in [-0.2, 0) is 5.75 Å². The molecule has 8 heteroatoms. The molecule has 0 fully saturated rings. The van der Waals surface area contributed by atoms with Gasteiger partial charge in [-0.3, -0.25) is 4.57 Å². The van der Waals surface area contributed by atoms with Gasteiger partial charge < -0.3 is 0 Å². The summed E-state index contributed by atoms with van der Waals surface area (Å²) in [4.78, 5) is 8.95. The first kappa shape index (κ1) is 18.9. The lowest BCUT2D eigenvalue weighted by Gasteiger charge is -2.10. The van der Waals surface area contributed by atoms with E-state index < -0.39 is 0 Å². The number of halogens is 1. The van der Waals surface area contributed by atoms with Crippen molar-refractivity contribution in [1.82, 2.24) is 24.7 Å². The van der Waals surface area contributed by atoms with Gasteiger partial charge in [-0.25, -0.2) is 9.97 Å². The standard InChI is InChI=1S/C18H18ClN5S2/c1-4-8-25-18-23-22-16(24(18)15-7-5-6-14(19)10-15)11-26-17-20-12(2)9-13(3)21-17/h4-7,9-10H,1,8,11H2,2-3H3. The average molecular weight is 404 g/mol. The van der Waals surface area contributed by atoms with E-state index in [1.165, 1.54) is 0 Å². The molecule has 134 valence electrons. The van der Waals surface area contributed by atoms with Crippen molar-refractivity contribution in [3.05, 3.63) is 65.2 Å². The predicted molar refractivity (Wildman–Crippen MR) is 108 cm³/mol. The van der Waals surface area contributed by atoms with Crippen LogP contribution in [-0.4, -0.2) is 30.5 Å². The molecule has 0 saturated heterocycles. The first-order valence-corrected chi connectivity index (χ1v) is 10.3. The van der Waals surface area contributed by atoms with Crippen molar-refractivity contribution in [3.63, 3.8) is 0 Å². The second-order valence-corrected chi connectivity index (χ2v) is 7.90. The van der Waals surface area contributed by atoms with E-state index in [9.17, 15) is 0 Å². The summed E-state index contributed by atoms with van der Waals surface area (Å²) in [5, 5.41) is 10.9. The Morgan fingerprint density at radius 3 is 2.58 bits per heavy atom. The van der Waals surface area contributed by atoms with Crippen molar-refractivity contribution < 1.29 is 0 Å². The molecule has 1 aromatic carbocycles. The molecule has 2 aromatic heterocycles. The van der Waals surface area contributed by atoms with E-state index in [1.807, 2.05) is 54.8 Å². The van der Waals surface area contributed by atoms with Gasteiger partial charge in [0.1, 0.15) is 5.82 Å². The second-order valence-electron chi connectivity index (χ2n) is 5.54. The molecule has 0 radical (unpaired) electrons. The summed E-state index contributed by atoms with van der Waals surface area (Å²) in [5.74, 6) is 2.19. The molecule has 0 amide bonds. The number of hydrogen-bond acceptors (Lipinski definition) is 6. The first-order chi connectivity index (χ1) is 12.6. The molecule has 0 atom stereocenters. The highest BCUT2D eigenvalue weighted by Crippen LogP contribution is 2.27. The zero-order valence-corrected chi connectivity index (χ0v) is 16.9. The molecule has 0 saturated carbocycles. The number of hydrogen-bond donors (Lipinski definition) is 0. The Bertz CT molecular complexity index is 905. The predicted octanol–water partition coefficient (Wildman–Crippen LogP) is 4.90. The summed E-state index contributed by atoms with van der Waals surface area (Å²) in [6, 6.07) is 9.63. The number of benzene rings is 1. The average Bonchev–Trinajstić information content (AvgIpc) is 3.00. The van der Waals surface area contributed by atoms with Crippen molar-refractivity contribution in [2.45, 2.75) is 29.9 Å². The molecule has 3 rings (SSSR count). The zero-order chi connectivity index (χ0) is 18.5. The van der Waals surface area contributed by atoms with Crippen molar-refractivity contribution >= 4 is 35.1 Å². The molecule has 0 bridgehead atoms. The van der Waals surface area contributed by atoms with Gasteiger partial charge >= 0.3 is 0 Å². The molecule has 0 spiro atoms. The van der Waals surface area contributed by atoms with E-state index in [-0.39, 0.29) is 0 Å². The Labute approximate surface area is 166 Å². The molecule has 0 unspecified atom stereocenters. The van der Waals surface area contributed by atoms with Gasteiger partial charge in [0, 0.05) is 22.2 Å². The van der Waals surface area contributed by atoms with E-state index in [2.05, 4.69) is 26.7 Å². The third-order valence-corrected chi connectivity index (χ3v) is 5.39. The Morgan fingerprint density at radius 1 is 1.12 bits per heavy atom. The number of aromatic nitrogens is 5. The normalized spacial score (nSPS) is 10.9. The van der Waals surface area contributed by atoms with Gasteiger partial charge in [0.25, 0.3) is 0 Å². The fourth-order valence-electron chi connectivity index (χ4n) is 2.38. The highest BCUT2D eigenvalue weighted by molar-refractivity contribution is 7.99. The van der Waals surface area contributed by atoms with Gasteiger partial charge in [0.15, 0.2) is 10.3 Å². The third kappa shape index (κ3) is 4.66. The number of thioether (sulfide) groups is 2. The van der Waals surface area contributed by atoms with Gasteiger partial charge in [-0.2, -0.15) is 0 Å². The summed E-state index contributed by atoms with van der Waals surface area (Å²) < 4.78 is 2.02. The Kier molecular flexibility index (Phi) is 6.34. The SMILES string of the molecule is C=CCSc1nnc(CSc2nc(C)cc(C)n2)n1-c1cccc(Cl)c1. The number of rotatable bonds is 7. The number of aryl methyl sites for hydroxylation is 2. The van der Waals surface area contributed by atoms with Crippen molar-refractivity contribution in [3.8, 4) is 5.69 Å². The molecule has 2 heterocycles. The maximum atomic E-state index is 6.18. The van der Waals surface area contributed by atoms with Crippen LogP contribution >= 0.6 is 35.1 Å². The summed E-state index contributed by atoms with van der Waals surface area (Å²) >= 11 is 9.30. The summed E-state index contributed by atoms with van der Waals surface area (Å²) in [6.45, 7) is 7.71. The van der Waals surface area contributed by atoms with Gasteiger partial charge in [0.05, 0.1) is 11.4 Å². The van der Waals surface area contributed by atoms with Gasteiger partial charge in [-0.15, -0.1) is 16.8 Å². The second kappa shape index (κ2) is 8.70. The lowest BCUT2D eigenvalue weighted by Crippen LogP contribution is -2.02. The fraction of sp³-hybridized carbons (Fsp3) is 0.222. The summed E-state index contributed by atoms with van der Waals surface area (Å²) in [6.07, 6.45) is 1.85. The van der Waals surface area contributed by atoms with Gasteiger partial charge in [0.2, 0.25) is 0 Å². The van der Waals surface area contributed by atoms with Crippen LogP contribution in [0.1, 0.15) is 17.2 Å². The van der Waals surface area contributed by atoms with Crippen LogP contribution in [0.15, 0.2) is 53.3 Å². The zero-order valence-electron chi connectivity index (χ0n) is 14.5. The Morgan fingerprint density at radius 2 is 1.88 bits per heavy atom. The van der Waals surface area contributed by atoms with Gasteiger partial charge in [-0.1, -0.05) is 47.3 Å². The summed E-state index contributed by atoms with van der Waals surface area (Å²) in [5.41, 5.74) is 2.85. The molecule has 0 aliphatic heterocycles. The molecule has 3 aromatic rings. The smallest absolute Gasteiger partial charge is 0.196 e. The van der Waals surface area contributed by atoms with Crippen LogP contribution in [0.5, 0.6) is 0 Å². The molecule has 5 nitrogen and oxygen atoms in total. The molecule has 26 heavy (non-hydrogen) atoms. The molecule has 0 aliphatic rings. The maximum Gasteiger partial charge on any atom is 0.196 e. The molecular formula is C18H18ClN5S2. The Hall–Kier alpha value is -1.83. The third-order valence-electron chi connectivity index (χ3n) is 3.39. The summed E-state index contributed by atoms with van der Waals surface area (Å²) in [7, 11) is 0. The topological polar surface area (TPSA) is 56.5 Å². The van der Waals surface area contributed by atoms with E-state index in [4.69, 9.17) is 11.6 Å². The lowest BCUT2D eigenvalue weighted by molar-refractivity contribution is 0.862. The minimum atomic E-state index is 0.608. The van der Waals surface area contributed by atoms with Gasteiger partial charge in [-0.05, 0) is 38.1 Å². The van der Waals surface area contributed by atoms with Crippen LogP contribution < -0.4 is 0 Å². The highest BCUT2D eigenvalue weighted by Gasteiger charge is 2.15. The van der Waals surface area contributed by atoms with Crippen molar-refractivity contribution in [2.24, 2.45) is 0 Å². The van der Waals surface area contributed by atoms with Crippen LogP contribution in [0.2, 0.25) is 5.02 Å². The maximum absolute atomic E-state index is 6.18. The van der Waals surface area contributed by atoms with Crippen LogP contribution in [0.25, 0.3) is 5.69 Å². The minimum Gasteiger partial charge on any atom is -0.273 e. The van der Waals surface area contributed by atoms with E-state index >= 15 is 0 Å². The van der Waals surface area contributed by atoms with Crippen LogP contribution in [0.4, 0.5) is 0 Å². The molecular weight excluding hydrogens is 386 g/mol. The quantitative estimate of drug-likeness (QED) is 0.318. The van der Waals surface area contributed by atoms with Crippen LogP contribution in [0, 0.1) is 13.8 Å². The van der Waals surface area contributed by atoms with Crippen molar-refractivity contribution in [2.75, 3.05) is 5.75 Å².